The molecule has 0 spiro atoms. The van der Waals surface area contributed by atoms with Crippen molar-refractivity contribution in [1.82, 2.24) is 0 Å². The van der Waals surface area contributed by atoms with E-state index in [0.717, 1.165) is 6.07 Å². The Hall–Kier alpha value is -1.39. The van der Waals surface area contributed by atoms with E-state index in [1.807, 2.05) is 0 Å². The monoisotopic (exact) mass is 278 g/mol. The molecule has 1 aromatic rings. The number of halogens is 4. The normalized spacial score (nSPS) is 11.6. The minimum Gasteiger partial charge on any atom is -0.303 e. The highest BCUT2D eigenvalue weighted by atomic mass is 19.4. The van der Waals surface area contributed by atoms with Crippen molar-refractivity contribution in [2.24, 2.45) is 5.41 Å². The van der Waals surface area contributed by atoms with Gasteiger partial charge in [-0.05, 0) is 23.1 Å². The maximum atomic E-state index is 12.7. The molecular formula is C14H18F4O. The Morgan fingerprint density at radius 2 is 1.58 bits per heavy atom. The average Bonchev–Trinajstić information content (AvgIpc) is 2.17. The summed E-state index contributed by atoms with van der Waals surface area (Å²) in [7, 11) is 0. The van der Waals surface area contributed by atoms with Crippen LogP contribution in [0.4, 0.5) is 17.6 Å². The molecule has 0 N–H and O–H groups in total. The second-order valence-corrected chi connectivity index (χ2v) is 5.68. The third kappa shape index (κ3) is 8.35. The molecular weight excluding hydrogens is 260 g/mol. The van der Waals surface area contributed by atoms with Crippen molar-refractivity contribution >= 4 is 6.29 Å². The highest BCUT2D eigenvalue weighted by Gasteiger charge is 2.34. The van der Waals surface area contributed by atoms with Crippen LogP contribution in [0.15, 0.2) is 18.2 Å². The number of carbonyl (C=O) groups excluding carboxylic acids is 1. The second-order valence-electron chi connectivity index (χ2n) is 5.68. The largest absolute Gasteiger partial charge is 0.419 e. The van der Waals surface area contributed by atoms with Crippen molar-refractivity contribution in [3.8, 4) is 0 Å². The fraction of sp³-hybridized carbons (Fsp3) is 0.500. The summed E-state index contributed by atoms with van der Waals surface area (Å²) in [5, 5.41) is 0. The number of hydrogen-bond acceptors (Lipinski definition) is 1. The summed E-state index contributed by atoms with van der Waals surface area (Å²) >= 11 is 0. The van der Waals surface area contributed by atoms with E-state index in [9.17, 15) is 22.4 Å². The molecule has 0 atom stereocenters. The lowest BCUT2D eigenvalue weighted by Crippen LogP contribution is -2.08. The predicted molar refractivity (Wildman–Crippen MR) is 66.3 cm³/mol. The van der Waals surface area contributed by atoms with Crippen LogP contribution in [0.5, 0.6) is 0 Å². The summed E-state index contributed by atoms with van der Waals surface area (Å²) < 4.78 is 49.1. The van der Waals surface area contributed by atoms with Crippen LogP contribution in [0.2, 0.25) is 0 Å². The molecule has 0 aliphatic rings. The molecule has 0 amide bonds. The molecule has 0 radical (unpaired) electrons. The fourth-order valence-corrected chi connectivity index (χ4v) is 1.01. The molecule has 0 fully saturated rings. The van der Waals surface area contributed by atoms with Gasteiger partial charge in [0.05, 0.1) is 5.56 Å². The molecule has 19 heavy (non-hydrogen) atoms. The van der Waals surface area contributed by atoms with Gasteiger partial charge < -0.3 is 4.79 Å². The van der Waals surface area contributed by atoms with Crippen molar-refractivity contribution in [2.45, 2.75) is 40.3 Å². The highest BCUT2D eigenvalue weighted by molar-refractivity contribution is 5.55. The number of rotatable bonds is 2. The summed E-state index contributed by atoms with van der Waals surface area (Å²) in [5.41, 5.74) is -0.689. The van der Waals surface area contributed by atoms with Crippen LogP contribution in [0, 0.1) is 11.2 Å². The summed E-state index contributed by atoms with van der Waals surface area (Å²) in [6, 6.07) is 2.50. The van der Waals surface area contributed by atoms with Gasteiger partial charge in [-0.2, -0.15) is 13.2 Å². The maximum absolute atomic E-state index is 12.7. The molecule has 1 nitrogen and oxygen atoms in total. The van der Waals surface area contributed by atoms with Crippen molar-refractivity contribution in [3.63, 3.8) is 0 Å². The minimum atomic E-state index is -4.72. The Balaban J connectivity index is 0.000000555. The third-order valence-corrected chi connectivity index (χ3v) is 1.66. The first-order valence-corrected chi connectivity index (χ1v) is 5.74. The summed E-state index contributed by atoms with van der Waals surface area (Å²) in [4.78, 5) is 10.0. The molecule has 5 heteroatoms. The maximum Gasteiger partial charge on any atom is 0.419 e. The van der Waals surface area contributed by atoms with Crippen LogP contribution < -0.4 is 0 Å². The van der Waals surface area contributed by atoms with Gasteiger partial charge in [0, 0.05) is 6.42 Å². The standard InChI is InChI=1S/C9H6F4O.C5H12/c10-8-2-1-6(3-4-14)5-7(8)9(11,12)13;1-5(2,3)4/h1-2,4-5H,3H2;1-4H3. The Morgan fingerprint density at radius 3 is 1.95 bits per heavy atom. The Kier molecular flexibility index (Phi) is 6.19. The van der Waals surface area contributed by atoms with Crippen LogP contribution in [0.1, 0.15) is 38.8 Å². The summed E-state index contributed by atoms with van der Waals surface area (Å²) in [6.07, 6.45) is -4.40. The topological polar surface area (TPSA) is 17.1 Å². The lowest BCUT2D eigenvalue weighted by atomic mass is 10.0. The van der Waals surface area contributed by atoms with Crippen LogP contribution in [0.3, 0.4) is 0 Å². The average molecular weight is 278 g/mol. The smallest absolute Gasteiger partial charge is 0.303 e. The third-order valence-electron chi connectivity index (χ3n) is 1.66. The van der Waals surface area contributed by atoms with Crippen LogP contribution in [-0.2, 0) is 17.4 Å². The second kappa shape index (κ2) is 6.68. The molecule has 0 aliphatic carbocycles. The molecule has 0 bridgehead atoms. The SMILES string of the molecule is CC(C)(C)C.O=CCc1ccc(F)c(C(F)(F)F)c1. The number of alkyl halides is 3. The lowest BCUT2D eigenvalue weighted by Gasteiger charge is -2.08. The first-order valence-electron chi connectivity index (χ1n) is 5.74. The van der Waals surface area contributed by atoms with Gasteiger partial charge >= 0.3 is 6.18 Å². The van der Waals surface area contributed by atoms with Crippen molar-refractivity contribution in [1.29, 1.82) is 0 Å². The van der Waals surface area contributed by atoms with Gasteiger partial charge in [0.25, 0.3) is 0 Å². The molecule has 0 saturated heterocycles. The molecule has 0 aliphatic heterocycles. The zero-order chi connectivity index (χ0) is 15.3. The highest BCUT2D eigenvalue weighted by Crippen LogP contribution is 2.31. The molecule has 0 heterocycles. The molecule has 0 aromatic heterocycles. The van der Waals surface area contributed by atoms with Gasteiger partial charge in [-0.15, -0.1) is 0 Å². The van der Waals surface area contributed by atoms with E-state index in [1.165, 1.54) is 0 Å². The van der Waals surface area contributed by atoms with Gasteiger partial charge in [-0.1, -0.05) is 33.8 Å². The minimum absolute atomic E-state index is 0.147. The van der Waals surface area contributed by atoms with E-state index in [2.05, 4.69) is 27.7 Å². The van der Waals surface area contributed by atoms with Gasteiger partial charge in [-0.3, -0.25) is 0 Å². The number of carbonyl (C=O) groups is 1. The number of hydrogen-bond donors (Lipinski definition) is 0. The van der Waals surface area contributed by atoms with E-state index >= 15 is 0 Å². The van der Waals surface area contributed by atoms with E-state index < -0.39 is 17.6 Å². The Bertz CT molecular complexity index is 410. The first kappa shape index (κ1) is 17.6. The van der Waals surface area contributed by atoms with Gasteiger partial charge in [0.1, 0.15) is 12.1 Å². The molecule has 1 rings (SSSR count). The first-order chi connectivity index (χ1) is 8.45. The van der Waals surface area contributed by atoms with Crippen molar-refractivity contribution < 1.29 is 22.4 Å². The van der Waals surface area contributed by atoms with Crippen molar-refractivity contribution in [3.05, 3.63) is 35.1 Å². The zero-order valence-corrected chi connectivity index (χ0v) is 11.4. The van der Waals surface area contributed by atoms with Crippen LogP contribution in [0.25, 0.3) is 0 Å². The van der Waals surface area contributed by atoms with E-state index in [4.69, 9.17) is 0 Å². The Labute approximate surface area is 110 Å². The van der Waals surface area contributed by atoms with E-state index in [-0.39, 0.29) is 12.0 Å². The van der Waals surface area contributed by atoms with E-state index in [0.29, 0.717) is 23.8 Å². The summed E-state index contributed by atoms with van der Waals surface area (Å²) in [5.74, 6) is -1.33. The van der Waals surface area contributed by atoms with Gasteiger partial charge in [0.15, 0.2) is 0 Å². The number of benzene rings is 1. The Morgan fingerprint density at radius 1 is 1.11 bits per heavy atom. The van der Waals surface area contributed by atoms with Crippen LogP contribution >= 0.6 is 0 Å². The lowest BCUT2D eigenvalue weighted by molar-refractivity contribution is -0.140. The fourth-order valence-electron chi connectivity index (χ4n) is 1.01. The quantitative estimate of drug-likeness (QED) is 0.569. The molecule has 1 aromatic carbocycles. The molecule has 0 unspecified atom stereocenters. The van der Waals surface area contributed by atoms with Crippen LogP contribution in [-0.4, -0.2) is 6.29 Å². The summed E-state index contributed by atoms with van der Waals surface area (Å²) in [6.45, 7) is 8.75. The van der Waals surface area contributed by atoms with Gasteiger partial charge in [-0.25, -0.2) is 4.39 Å². The van der Waals surface area contributed by atoms with Crippen molar-refractivity contribution in [2.75, 3.05) is 0 Å². The molecule has 108 valence electrons. The zero-order valence-electron chi connectivity index (χ0n) is 11.4. The van der Waals surface area contributed by atoms with E-state index in [1.54, 1.807) is 0 Å². The van der Waals surface area contributed by atoms with Gasteiger partial charge in [0.2, 0.25) is 0 Å². The number of aldehydes is 1. The predicted octanol–water partition coefficient (Wildman–Crippen LogP) is 4.64. The molecule has 0 saturated carbocycles.